The number of alkyl halides is 3. The van der Waals surface area contributed by atoms with Gasteiger partial charge in [0.05, 0.1) is 21.1 Å². The monoisotopic (exact) mass is 297 g/mol. The third kappa shape index (κ3) is 2.23. The van der Waals surface area contributed by atoms with Gasteiger partial charge in [-0.25, -0.2) is 4.98 Å². The van der Waals surface area contributed by atoms with Crippen molar-refractivity contribution in [1.29, 1.82) is 0 Å². The van der Waals surface area contributed by atoms with Crippen molar-refractivity contribution in [2.45, 2.75) is 6.18 Å². The Kier molecular flexibility index (Phi) is 3.12. The van der Waals surface area contributed by atoms with Gasteiger partial charge in [-0.3, -0.25) is 0 Å². The fourth-order valence-electron chi connectivity index (χ4n) is 1.36. The van der Waals surface area contributed by atoms with Crippen molar-refractivity contribution < 1.29 is 18.4 Å². The number of benzene rings is 1. The van der Waals surface area contributed by atoms with Gasteiger partial charge in [0.2, 0.25) is 5.71 Å². The molecule has 0 bridgehead atoms. The normalized spacial score (nSPS) is 13.3. The van der Waals surface area contributed by atoms with Crippen LogP contribution < -0.4 is 0 Å². The summed E-state index contributed by atoms with van der Waals surface area (Å²) in [6, 6.07) is 2.64. The molecular formula is C9H4Cl2F3N3O. The molecule has 0 atom stereocenters. The van der Waals surface area contributed by atoms with Gasteiger partial charge < -0.3 is 10.2 Å². The third-order valence-corrected chi connectivity index (χ3v) is 2.84. The molecule has 0 amide bonds. The Morgan fingerprint density at radius 1 is 1.28 bits per heavy atom. The van der Waals surface area contributed by atoms with Crippen LogP contribution in [0.1, 0.15) is 5.82 Å². The van der Waals surface area contributed by atoms with E-state index in [1.165, 1.54) is 12.1 Å². The average Bonchev–Trinajstić information content (AvgIpc) is 2.60. The molecule has 1 heterocycles. The summed E-state index contributed by atoms with van der Waals surface area (Å²) in [5.41, 5.74) is -1.08. The van der Waals surface area contributed by atoms with E-state index in [9.17, 15) is 13.2 Å². The molecule has 0 saturated carbocycles. The molecule has 1 aromatic carbocycles. The number of imidazole rings is 1. The SMILES string of the molecule is ON=C(c1nc2cc(Cl)c(Cl)cc2[nH]1)C(F)(F)F. The van der Waals surface area contributed by atoms with Gasteiger partial charge in [-0.2, -0.15) is 13.2 Å². The summed E-state index contributed by atoms with van der Waals surface area (Å²) in [5, 5.41) is 10.9. The van der Waals surface area contributed by atoms with Crippen LogP contribution in [0.2, 0.25) is 10.0 Å². The lowest BCUT2D eigenvalue weighted by Crippen LogP contribution is -2.25. The fraction of sp³-hybridized carbons (Fsp3) is 0.111. The maximum Gasteiger partial charge on any atom is 0.440 e. The van der Waals surface area contributed by atoms with E-state index in [4.69, 9.17) is 28.4 Å². The second-order valence-corrected chi connectivity index (χ2v) is 4.13. The first kappa shape index (κ1) is 13.0. The number of hydrogen-bond acceptors (Lipinski definition) is 3. The molecule has 9 heteroatoms. The molecule has 0 aliphatic carbocycles. The first-order valence-electron chi connectivity index (χ1n) is 4.47. The van der Waals surface area contributed by atoms with Gasteiger partial charge in [0.15, 0.2) is 5.82 Å². The molecule has 18 heavy (non-hydrogen) atoms. The smallest absolute Gasteiger partial charge is 0.410 e. The number of nitrogens with zero attached hydrogens (tertiary/aromatic N) is 2. The van der Waals surface area contributed by atoms with E-state index < -0.39 is 17.7 Å². The van der Waals surface area contributed by atoms with E-state index >= 15 is 0 Å². The average molecular weight is 298 g/mol. The second kappa shape index (κ2) is 4.33. The molecule has 2 N–H and O–H groups in total. The van der Waals surface area contributed by atoms with Gasteiger partial charge >= 0.3 is 6.18 Å². The molecule has 0 aliphatic rings. The van der Waals surface area contributed by atoms with Gasteiger partial charge in [0.1, 0.15) is 0 Å². The molecule has 1 aromatic heterocycles. The molecular weight excluding hydrogens is 294 g/mol. The van der Waals surface area contributed by atoms with Crippen molar-refractivity contribution in [3.63, 3.8) is 0 Å². The van der Waals surface area contributed by atoms with Crippen molar-refractivity contribution >= 4 is 39.9 Å². The number of aromatic amines is 1. The van der Waals surface area contributed by atoms with Crippen LogP contribution in [-0.4, -0.2) is 27.1 Å². The Balaban J connectivity index is 2.61. The van der Waals surface area contributed by atoms with E-state index in [1.807, 2.05) is 0 Å². The molecule has 2 aromatic rings. The quantitative estimate of drug-likeness (QED) is 0.480. The summed E-state index contributed by atoms with van der Waals surface area (Å²) in [6.07, 6.45) is -4.82. The van der Waals surface area contributed by atoms with Crippen LogP contribution in [-0.2, 0) is 0 Å². The highest BCUT2D eigenvalue weighted by Gasteiger charge is 2.39. The van der Waals surface area contributed by atoms with Crippen molar-refractivity contribution in [2.24, 2.45) is 5.16 Å². The van der Waals surface area contributed by atoms with E-state index in [0.29, 0.717) is 0 Å². The van der Waals surface area contributed by atoms with Gasteiger partial charge in [-0.05, 0) is 12.1 Å². The number of H-pyrrole nitrogens is 1. The second-order valence-electron chi connectivity index (χ2n) is 3.32. The highest BCUT2D eigenvalue weighted by molar-refractivity contribution is 6.42. The summed E-state index contributed by atoms with van der Waals surface area (Å²) in [6.45, 7) is 0. The summed E-state index contributed by atoms with van der Waals surface area (Å²) >= 11 is 11.4. The lowest BCUT2D eigenvalue weighted by molar-refractivity contribution is -0.0604. The zero-order chi connectivity index (χ0) is 13.5. The van der Waals surface area contributed by atoms with Crippen LogP contribution in [0.4, 0.5) is 13.2 Å². The van der Waals surface area contributed by atoms with E-state index in [2.05, 4.69) is 15.1 Å². The van der Waals surface area contributed by atoms with Crippen LogP contribution in [0, 0.1) is 0 Å². The third-order valence-electron chi connectivity index (χ3n) is 2.12. The maximum atomic E-state index is 12.5. The molecule has 0 spiro atoms. The molecule has 0 unspecified atom stereocenters. The van der Waals surface area contributed by atoms with Gasteiger partial charge in [-0.15, -0.1) is 0 Å². The highest BCUT2D eigenvalue weighted by Crippen LogP contribution is 2.28. The molecule has 0 aliphatic heterocycles. The Bertz CT molecular complexity index is 597. The van der Waals surface area contributed by atoms with Gasteiger partial charge in [0.25, 0.3) is 0 Å². The molecule has 0 fully saturated rings. The standard InChI is InChI=1S/C9H4Cl2F3N3O/c10-3-1-5-6(2-4(3)11)16-8(15-5)7(17-18)9(12,13)14/h1-2,18H,(H,15,16). The zero-order valence-electron chi connectivity index (χ0n) is 8.39. The minimum absolute atomic E-state index is 0.164. The summed E-state index contributed by atoms with van der Waals surface area (Å²) < 4.78 is 37.5. The number of aromatic nitrogens is 2. The Labute approximate surface area is 108 Å². The molecule has 2 rings (SSSR count). The lowest BCUT2D eigenvalue weighted by Gasteiger charge is -2.04. The largest absolute Gasteiger partial charge is 0.440 e. The van der Waals surface area contributed by atoms with Crippen LogP contribution in [0.25, 0.3) is 11.0 Å². The van der Waals surface area contributed by atoms with E-state index in [1.54, 1.807) is 0 Å². The minimum atomic E-state index is -4.82. The fourth-order valence-corrected chi connectivity index (χ4v) is 1.68. The summed E-state index contributed by atoms with van der Waals surface area (Å²) in [5.74, 6) is -0.613. The summed E-state index contributed by atoms with van der Waals surface area (Å²) in [4.78, 5) is 6.00. The van der Waals surface area contributed by atoms with Crippen LogP contribution in [0.15, 0.2) is 17.3 Å². The van der Waals surface area contributed by atoms with Crippen molar-refractivity contribution in [3.05, 3.63) is 28.0 Å². The van der Waals surface area contributed by atoms with Crippen molar-refractivity contribution in [1.82, 2.24) is 9.97 Å². The number of oxime groups is 1. The Hall–Kier alpha value is -1.47. The van der Waals surface area contributed by atoms with Crippen LogP contribution in [0.5, 0.6) is 0 Å². The number of nitrogens with one attached hydrogen (secondary N) is 1. The number of halogens is 5. The highest BCUT2D eigenvalue weighted by atomic mass is 35.5. The maximum absolute atomic E-state index is 12.5. The Morgan fingerprint density at radius 2 is 1.89 bits per heavy atom. The predicted molar refractivity (Wildman–Crippen MR) is 60.5 cm³/mol. The van der Waals surface area contributed by atoms with Gasteiger partial charge in [0, 0.05) is 0 Å². The number of rotatable bonds is 1. The topological polar surface area (TPSA) is 61.3 Å². The van der Waals surface area contributed by atoms with Crippen LogP contribution in [0.3, 0.4) is 0 Å². The van der Waals surface area contributed by atoms with Gasteiger partial charge in [-0.1, -0.05) is 28.4 Å². The predicted octanol–water partition coefficient (Wildman–Crippen LogP) is 3.61. The minimum Gasteiger partial charge on any atom is -0.410 e. The summed E-state index contributed by atoms with van der Waals surface area (Å²) in [7, 11) is 0. The molecule has 0 saturated heterocycles. The van der Waals surface area contributed by atoms with Crippen molar-refractivity contribution in [3.8, 4) is 0 Å². The number of hydrogen-bond donors (Lipinski definition) is 2. The molecule has 96 valence electrons. The van der Waals surface area contributed by atoms with Crippen molar-refractivity contribution in [2.75, 3.05) is 0 Å². The first-order valence-corrected chi connectivity index (χ1v) is 5.23. The lowest BCUT2D eigenvalue weighted by atomic mass is 10.3. The zero-order valence-corrected chi connectivity index (χ0v) is 9.90. The van der Waals surface area contributed by atoms with E-state index in [-0.39, 0.29) is 21.1 Å². The Morgan fingerprint density at radius 3 is 2.44 bits per heavy atom. The molecule has 0 radical (unpaired) electrons. The first-order chi connectivity index (χ1) is 8.32. The van der Waals surface area contributed by atoms with Crippen LogP contribution >= 0.6 is 23.2 Å². The molecule has 4 nitrogen and oxygen atoms in total. The number of fused-ring (bicyclic) bond motifs is 1. The van der Waals surface area contributed by atoms with E-state index in [0.717, 1.165) is 0 Å².